The second-order valence-corrected chi connectivity index (χ2v) is 5.94. The first-order chi connectivity index (χ1) is 12.5. The van der Waals surface area contributed by atoms with E-state index in [1.54, 1.807) is 56.5 Å². The zero-order chi connectivity index (χ0) is 18.5. The van der Waals surface area contributed by atoms with E-state index in [1.165, 1.54) is 0 Å². The molecule has 1 amide bonds. The molecule has 7 heteroatoms. The maximum atomic E-state index is 12.5. The van der Waals surface area contributed by atoms with E-state index >= 15 is 0 Å². The zero-order valence-corrected chi connectivity index (χ0v) is 15.0. The first-order valence-electron chi connectivity index (χ1n) is 7.87. The Kier molecular flexibility index (Phi) is 5.34. The first kappa shape index (κ1) is 17.7. The van der Waals surface area contributed by atoms with Crippen molar-refractivity contribution in [1.29, 1.82) is 0 Å². The fraction of sp³-hybridized carbons (Fsp3) is 0.105. The lowest BCUT2D eigenvalue weighted by Crippen LogP contribution is -2.15. The van der Waals surface area contributed by atoms with Crippen molar-refractivity contribution in [1.82, 2.24) is 9.97 Å². The molecular weight excluding hydrogens is 352 g/mol. The molecule has 26 heavy (non-hydrogen) atoms. The molecule has 3 aromatic rings. The predicted molar refractivity (Wildman–Crippen MR) is 102 cm³/mol. The van der Waals surface area contributed by atoms with E-state index < -0.39 is 0 Å². The first-order valence-corrected chi connectivity index (χ1v) is 8.25. The molecule has 3 rings (SSSR count). The third kappa shape index (κ3) is 4.49. The molecule has 0 atom stereocenters. The van der Waals surface area contributed by atoms with Gasteiger partial charge in [0.25, 0.3) is 5.91 Å². The van der Waals surface area contributed by atoms with Gasteiger partial charge in [0, 0.05) is 28.5 Å². The Morgan fingerprint density at radius 2 is 1.81 bits per heavy atom. The largest absolute Gasteiger partial charge is 0.497 e. The monoisotopic (exact) mass is 368 g/mol. The van der Waals surface area contributed by atoms with Crippen molar-refractivity contribution in [3.8, 4) is 5.75 Å². The Bertz CT molecular complexity index is 946. The van der Waals surface area contributed by atoms with Crippen LogP contribution >= 0.6 is 11.6 Å². The van der Waals surface area contributed by atoms with E-state index in [2.05, 4.69) is 20.6 Å². The lowest BCUT2D eigenvalue weighted by Gasteiger charge is -2.10. The fourth-order valence-corrected chi connectivity index (χ4v) is 2.55. The summed E-state index contributed by atoms with van der Waals surface area (Å²) in [6.07, 6.45) is 0. The van der Waals surface area contributed by atoms with Gasteiger partial charge < -0.3 is 15.4 Å². The van der Waals surface area contributed by atoms with Crippen LogP contribution in [0.1, 0.15) is 16.3 Å². The van der Waals surface area contributed by atoms with Crippen LogP contribution < -0.4 is 15.4 Å². The average Bonchev–Trinajstić information content (AvgIpc) is 2.61. The van der Waals surface area contributed by atoms with E-state index in [4.69, 9.17) is 16.3 Å². The minimum atomic E-state index is -0.335. The van der Waals surface area contributed by atoms with Crippen LogP contribution in [-0.2, 0) is 0 Å². The van der Waals surface area contributed by atoms with Gasteiger partial charge in [-0.1, -0.05) is 23.7 Å². The van der Waals surface area contributed by atoms with Gasteiger partial charge in [0.1, 0.15) is 23.1 Å². The highest BCUT2D eigenvalue weighted by molar-refractivity contribution is 6.30. The molecule has 0 spiro atoms. The molecule has 0 aliphatic rings. The van der Waals surface area contributed by atoms with E-state index in [-0.39, 0.29) is 11.6 Å². The van der Waals surface area contributed by atoms with Crippen molar-refractivity contribution < 1.29 is 9.53 Å². The third-order valence-corrected chi connectivity index (χ3v) is 3.73. The number of halogens is 1. The summed E-state index contributed by atoms with van der Waals surface area (Å²) < 4.78 is 5.16. The molecule has 2 N–H and O–H groups in total. The van der Waals surface area contributed by atoms with Crippen LogP contribution in [0.5, 0.6) is 5.75 Å². The summed E-state index contributed by atoms with van der Waals surface area (Å²) in [5, 5.41) is 6.54. The Morgan fingerprint density at radius 3 is 2.58 bits per heavy atom. The molecule has 0 aliphatic carbocycles. The van der Waals surface area contributed by atoms with E-state index in [1.807, 2.05) is 12.1 Å². The highest BCUT2D eigenvalue weighted by Gasteiger charge is 2.12. The molecular formula is C19H17ClN4O2. The number of aromatic nitrogens is 2. The van der Waals surface area contributed by atoms with Gasteiger partial charge in [0.15, 0.2) is 0 Å². The number of carbonyl (C=O) groups is 1. The van der Waals surface area contributed by atoms with Crippen molar-refractivity contribution >= 4 is 34.7 Å². The van der Waals surface area contributed by atoms with Gasteiger partial charge >= 0.3 is 0 Å². The van der Waals surface area contributed by atoms with Crippen LogP contribution in [0.4, 0.5) is 17.2 Å². The Labute approximate surface area is 156 Å². The van der Waals surface area contributed by atoms with Gasteiger partial charge in [-0.15, -0.1) is 0 Å². The van der Waals surface area contributed by atoms with Crippen molar-refractivity contribution in [2.45, 2.75) is 6.92 Å². The lowest BCUT2D eigenvalue weighted by molar-refractivity contribution is 0.102. The van der Waals surface area contributed by atoms with Gasteiger partial charge in [0.05, 0.1) is 7.11 Å². The summed E-state index contributed by atoms with van der Waals surface area (Å²) in [4.78, 5) is 21.1. The van der Waals surface area contributed by atoms with Crippen LogP contribution in [0.2, 0.25) is 5.02 Å². The smallest absolute Gasteiger partial charge is 0.274 e. The minimum absolute atomic E-state index is 0.254. The normalized spacial score (nSPS) is 10.3. The van der Waals surface area contributed by atoms with Crippen LogP contribution in [0.15, 0.2) is 54.6 Å². The van der Waals surface area contributed by atoms with Gasteiger partial charge in [-0.05, 0) is 37.3 Å². The van der Waals surface area contributed by atoms with E-state index in [9.17, 15) is 4.79 Å². The molecule has 0 radical (unpaired) electrons. The number of methoxy groups -OCH3 is 1. The standard InChI is InChI=1S/C19H17ClN4O2/c1-12-21-17(19(25)24-15-7-4-8-16(10-15)26-2)11-18(22-12)23-14-6-3-5-13(20)9-14/h3-11H,1-2H3,(H,24,25)(H,21,22,23). The Morgan fingerprint density at radius 1 is 1.04 bits per heavy atom. The highest BCUT2D eigenvalue weighted by Crippen LogP contribution is 2.21. The molecule has 0 unspecified atom stereocenters. The predicted octanol–water partition coefficient (Wildman–Crippen LogP) is 4.44. The minimum Gasteiger partial charge on any atom is -0.497 e. The number of nitrogens with zero attached hydrogens (tertiary/aromatic N) is 2. The third-order valence-electron chi connectivity index (χ3n) is 3.50. The molecule has 6 nitrogen and oxygen atoms in total. The van der Waals surface area contributed by atoms with Gasteiger partial charge in [-0.2, -0.15) is 0 Å². The average molecular weight is 369 g/mol. The van der Waals surface area contributed by atoms with Crippen molar-refractivity contribution in [2.75, 3.05) is 17.7 Å². The van der Waals surface area contributed by atoms with E-state index in [0.29, 0.717) is 28.1 Å². The topological polar surface area (TPSA) is 76.1 Å². The van der Waals surface area contributed by atoms with Crippen LogP contribution in [-0.4, -0.2) is 23.0 Å². The number of carbonyl (C=O) groups excluding carboxylic acids is 1. The summed E-state index contributed by atoms with van der Waals surface area (Å²) in [5.41, 5.74) is 1.65. The second-order valence-electron chi connectivity index (χ2n) is 5.51. The number of amides is 1. The number of hydrogen-bond acceptors (Lipinski definition) is 5. The van der Waals surface area contributed by atoms with Crippen LogP contribution in [0.25, 0.3) is 0 Å². The maximum Gasteiger partial charge on any atom is 0.274 e. The van der Waals surface area contributed by atoms with E-state index in [0.717, 1.165) is 5.69 Å². The summed E-state index contributed by atoms with van der Waals surface area (Å²) in [6.45, 7) is 1.73. The number of ether oxygens (including phenoxy) is 1. The molecule has 0 bridgehead atoms. The van der Waals surface area contributed by atoms with Crippen LogP contribution in [0.3, 0.4) is 0 Å². The van der Waals surface area contributed by atoms with Crippen molar-refractivity contribution in [3.63, 3.8) is 0 Å². The number of nitrogens with one attached hydrogen (secondary N) is 2. The molecule has 1 aromatic heterocycles. The number of benzene rings is 2. The maximum absolute atomic E-state index is 12.5. The van der Waals surface area contributed by atoms with Gasteiger partial charge in [-0.25, -0.2) is 9.97 Å². The van der Waals surface area contributed by atoms with Crippen LogP contribution in [0, 0.1) is 6.92 Å². The lowest BCUT2D eigenvalue weighted by atomic mass is 10.2. The summed E-state index contributed by atoms with van der Waals surface area (Å²) >= 11 is 5.99. The molecule has 0 fully saturated rings. The van der Waals surface area contributed by atoms with Gasteiger partial charge in [-0.3, -0.25) is 4.79 Å². The molecule has 1 heterocycles. The van der Waals surface area contributed by atoms with Gasteiger partial charge in [0.2, 0.25) is 0 Å². The SMILES string of the molecule is COc1cccc(NC(=O)c2cc(Nc3cccc(Cl)c3)nc(C)n2)c1. The Hall–Kier alpha value is -3.12. The highest BCUT2D eigenvalue weighted by atomic mass is 35.5. The zero-order valence-electron chi connectivity index (χ0n) is 14.3. The molecule has 0 aliphatic heterocycles. The molecule has 0 saturated carbocycles. The quantitative estimate of drug-likeness (QED) is 0.696. The molecule has 0 saturated heterocycles. The summed E-state index contributed by atoms with van der Waals surface area (Å²) in [5.74, 6) is 1.31. The molecule has 132 valence electrons. The summed E-state index contributed by atoms with van der Waals surface area (Å²) in [7, 11) is 1.57. The number of hydrogen-bond donors (Lipinski definition) is 2. The Balaban J connectivity index is 1.81. The number of anilines is 3. The van der Waals surface area contributed by atoms with Crippen molar-refractivity contribution in [2.24, 2.45) is 0 Å². The summed E-state index contributed by atoms with van der Waals surface area (Å²) in [6, 6.07) is 15.9. The number of aryl methyl sites for hydroxylation is 1. The fourth-order valence-electron chi connectivity index (χ4n) is 2.36. The second kappa shape index (κ2) is 7.84. The number of rotatable bonds is 5. The molecule has 2 aromatic carbocycles. The van der Waals surface area contributed by atoms with Crippen molar-refractivity contribution in [3.05, 3.63) is 71.1 Å².